The monoisotopic (exact) mass is 715 g/mol. The summed E-state index contributed by atoms with van der Waals surface area (Å²) in [7, 11) is 0. The van der Waals surface area contributed by atoms with Crippen LogP contribution >= 0.6 is 15.9 Å². The molecule has 6 aromatic rings. The second-order valence-electron chi connectivity index (χ2n) is 11.6. The van der Waals surface area contributed by atoms with Crippen LogP contribution in [0.3, 0.4) is 0 Å². The number of nitrogens with one attached hydrogen (secondary N) is 4. The summed E-state index contributed by atoms with van der Waals surface area (Å²) in [6.07, 6.45) is 1.45. The molecule has 3 amide bonds. The van der Waals surface area contributed by atoms with Crippen molar-refractivity contribution >= 4 is 61.8 Å². The lowest BCUT2D eigenvalue weighted by Gasteiger charge is -2.16. The first-order valence-corrected chi connectivity index (χ1v) is 16.5. The van der Waals surface area contributed by atoms with Gasteiger partial charge in [-0.05, 0) is 97.3 Å². The van der Waals surface area contributed by atoms with Crippen LogP contribution in [0.25, 0.3) is 11.0 Å². The van der Waals surface area contributed by atoms with Crippen molar-refractivity contribution in [2.45, 2.75) is 32.7 Å². The third kappa shape index (κ3) is 8.38. The Bertz CT molecular complexity index is 2090. The number of hydrogen-bond donors (Lipinski definition) is 4. The summed E-state index contributed by atoms with van der Waals surface area (Å²) in [5.41, 5.74) is 4.67. The van der Waals surface area contributed by atoms with E-state index >= 15 is 0 Å². The molecule has 4 aromatic carbocycles. The van der Waals surface area contributed by atoms with E-state index in [0.717, 1.165) is 21.1 Å². The summed E-state index contributed by atoms with van der Waals surface area (Å²) >= 11 is 3.42. The van der Waals surface area contributed by atoms with Crippen molar-refractivity contribution in [3.63, 3.8) is 0 Å². The lowest BCUT2D eigenvalue weighted by atomic mass is 10.1. The number of pyridine rings is 1. The molecule has 6 rings (SSSR count). The predicted octanol–water partition coefficient (Wildman–Crippen LogP) is 9.58. The zero-order valence-electron chi connectivity index (χ0n) is 27.1. The first-order chi connectivity index (χ1) is 23.7. The fraction of sp³-hybridized carbons (Fsp3) is 0.132. The minimum absolute atomic E-state index is 0.158. The number of fused-ring (bicyclic) bond motifs is 1. The van der Waals surface area contributed by atoms with E-state index in [0.29, 0.717) is 45.6 Å². The van der Waals surface area contributed by atoms with Gasteiger partial charge in [-0.15, -0.1) is 0 Å². The van der Waals surface area contributed by atoms with Crippen molar-refractivity contribution in [2.24, 2.45) is 0 Å². The lowest BCUT2D eigenvalue weighted by Crippen LogP contribution is -2.31. The second-order valence-corrected chi connectivity index (χ2v) is 12.6. The molecule has 0 aliphatic carbocycles. The number of benzene rings is 4. The molecule has 49 heavy (non-hydrogen) atoms. The lowest BCUT2D eigenvalue weighted by molar-refractivity contribution is 0.102. The first kappa shape index (κ1) is 33.1. The molecule has 2 heterocycles. The predicted molar refractivity (Wildman–Crippen MR) is 197 cm³/mol. The minimum Gasteiger partial charge on any atom is -0.455 e. The van der Waals surface area contributed by atoms with Crippen molar-refractivity contribution in [2.75, 3.05) is 16.0 Å². The minimum atomic E-state index is -0.319. The largest absolute Gasteiger partial charge is 0.455 e. The van der Waals surface area contributed by atoms with Gasteiger partial charge in [-0.3, -0.25) is 4.79 Å². The molecule has 0 aliphatic heterocycles. The summed E-state index contributed by atoms with van der Waals surface area (Å²) in [6.45, 7) is 6.08. The van der Waals surface area contributed by atoms with E-state index in [9.17, 15) is 9.59 Å². The van der Waals surface area contributed by atoms with E-state index in [1.54, 1.807) is 42.5 Å². The van der Waals surface area contributed by atoms with Crippen molar-refractivity contribution < 1.29 is 14.3 Å². The quantitative estimate of drug-likeness (QED) is 0.111. The van der Waals surface area contributed by atoms with Crippen LogP contribution in [0.2, 0.25) is 0 Å². The van der Waals surface area contributed by atoms with Gasteiger partial charge in [-0.25, -0.2) is 19.7 Å². The number of urea groups is 1. The molecule has 11 heteroatoms. The van der Waals surface area contributed by atoms with Crippen molar-refractivity contribution in [3.8, 4) is 11.5 Å². The molecule has 0 aliphatic rings. The number of anilines is 4. The fourth-order valence-electron chi connectivity index (χ4n) is 5.02. The Hall–Kier alpha value is -5.81. The third-order valence-corrected chi connectivity index (χ3v) is 8.22. The van der Waals surface area contributed by atoms with E-state index in [4.69, 9.17) is 9.72 Å². The number of ether oxygens (including phenoxy) is 1. The van der Waals surface area contributed by atoms with Gasteiger partial charge in [0.15, 0.2) is 11.4 Å². The maximum atomic E-state index is 13.3. The molecule has 10 nitrogen and oxygen atoms in total. The summed E-state index contributed by atoms with van der Waals surface area (Å²) < 4.78 is 7.22. The molecule has 246 valence electrons. The summed E-state index contributed by atoms with van der Waals surface area (Å²) in [5.74, 6) is 1.44. The van der Waals surface area contributed by atoms with Gasteiger partial charge in [0.25, 0.3) is 5.91 Å². The standard InChI is InChI=1S/C38H34BrN7O3/c1-23(2)32-19-18-31-35(45-32)40-22-41-36(31)46-33-21-26(37(47)43-28-12-10-27(39)11-13-28)9-20-34(33)49-30-16-14-29(15-17-30)44-38(48)42-24(3)25-7-5-4-6-8-25/h4-24H,1-3H3,(H,43,47)(H2,42,44,48)(H,40,41,45,46). The highest BCUT2D eigenvalue weighted by Crippen LogP contribution is 2.35. The molecule has 4 N–H and O–H groups in total. The molecule has 1 unspecified atom stereocenters. The van der Waals surface area contributed by atoms with Crippen LogP contribution in [0.4, 0.5) is 27.7 Å². The SMILES string of the molecule is CC(C)c1ccc2c(Nc3cc(C(=O)Nc4ccc(Br)cc4)ccc3Oc3ccc(NC(=O)NC(C)c4ccccc4)cc3)ncnc2n1. The molecular formula is C38H34BrN7O3. The summed E-state index contributed by atoms with van der Waals surface area (Å²) in [4.78, 5) is 39.5. The van der Waals surface area contributed by atoms with Crippen LogP contribution < -0.4 is 26.0 Å². The zero-order valence-corrected chi connectivity index (χ0v) is 28.7. The number of carbonyl (C=O) groups is 2. The van der Waals surface area contributed by atoms with Gasteiger partial charge in [0.05, 0.1) is 17.1 Å². The van der Waals surface area contributed by atoms with E-state index in [1.165, 1.54) is 6.33 Å². The highest BCUT2D eigenvalue weighted by atomic mass is 79.9. The molecule has 2 aromatic heterocycles. The summed E-state index contributed by atoms with van der Waals surface area (Å²) in [5, 5.41) is 12.8. The molecule has 0 saturated carbocycles. The average Bonchev–Trinajstić information content (AvgIpc) is 3.11. The fourth-order valence-corrected chi connectivity index (χ4v) is 5.29. The van der Waals surface area contributed by atoms with E-state index < -0.39 is 0 Å². The highest BCUT2D eigenvalue weighted by Gasteiger charge is 2.16. The van der Waals surface area contributed by atoms with Crippen molar-refractivity contribution in [1.29, 1.82) is 0 Å². The maximum absolute atomic E-state index is 13.3. The van der Waals surface area contributed by atoms with Crippen molar-refractivity contribution in [1.82, 2.24) is 20.3 Å². The van der Waals surface area contributed by atoms with E-state index in [1.807, 2.05) is 73.7 Å². The average molecular weight is 717 g/mol. The highest BCUT2D eigenvalue weighted by molar-refractivity contribution is 9.10. The number of rotatable bonds is 10. The number of halogens is 1. The Labute approximate surface area is 292 Å². The number of aromatic nitrogens is 3. The number of hydrogen-bond acceptors (Lipinski definition) is 7. The Morgan fingerprint density at radius 1 is 0.776 bits per heavy atom. The van der Waals surface area contributed by atoms with Gasteiger partial charge in [0, 0.05) is 27.1 Å². The number of nitrogens with zero attached hydrogens (tertiary/aromatic N) is 3. The van der Waals surface area contributed by atoms with Gasteiger partial charge >= 0.3 is 6.03 Å². The van der Waals surface area contributed by atoms with Crippen LogP contribution in [-0.4, -0.2) is 26.9 Å². The Balaban J connectivity index is 1.23. The molecule has 0 bridgehead atoms. The molecular weight excluding hydrogens is 682 g/mol. The molecule has 0 spiro atoms. The topological polar surface area (TPSA) is 130 Å². The zero-order chi connectivity index (χ0) is 34.3. The van der Waals surface area contributed by atoms with Crippen LogP contribution in [0.5, 0.6) is 11.5 Å². The number of carbonyl (C=O) groups excluding carboxylic acids is 2. The Morgan fingerprint density at radius 2 is 1.49 bits per heavy atom. The first-order valence-electron chi connectivity index (χ1n) is 15.7. The smallest absolute Gasteiger partial charge is 0.319 e. The van der Waals surface area contributed by atoms with Crippen LogP contribution in [0.1, 0.15) is 54.3 Å². The van der Waals surface area contributed by atoms with Gasteiger partial charge in [-0.1, -0.05) is 60.1 Å². The third-order valence-electron chi connectivity index (χ3n) is 7.69. The van der Waals surface area contributed by atoms with E-state index in [-0.39, 0.29) is 23.9 Å². The van der Waals surface area contributed by atoms with Crippen molar-refractivity contribution in [3.05, 3.63) is 137 Å². The second kappa shape index (κ2) is 15.0. The van der Waals surface area contributed by atoms with Crippen LogP contribution in [-0.2, 0) is 0 Å². The molecule has 0 fully saturated rings. The maximum Gasteiger partial charge on any atom is 0.319 e. The van der Waals surface area contributed by atoms with Gasteiger partial charge in [0.1, 0.15) is 17.9 Å². The Morgan fingerprint density at radius 3 is 2.22 bits per heavy atom. The summed E-state index contributed by atoms with van der Waals surface area (Å²) in [6, 6.07) is 32.7. The molecule has 1 atom stereocenters. The van der Waals surface area contributed by atoms with Crippen LogP contribution in [0, 0.1) is 0 Å². The van der Waals surface area contributed by atoms with Gasteiger partial charge in [0.2, 0.25) is 0 Å². The Kier molecular flexibility index (Phi) is 10.1. The molecule has 0 radical (unpaired) electrons. The van der Waals surface area contributed by atoms with Crippen LogP contribution in [0.15, 0.2) is 120 Å². The normalized spacial score (nSPS) is 11.5. The number of amides is 3. The molecule has 0 saturated heterocycles. The van der Waals surface area contributed by atoms with Gasteiger partial charge < -0.3 is 26.0 Å². The van der Waals surface area contributed by atoms with E-state index in [2.05, 4.69) is 61.0 Å². The van der Waals surface area contributed by atoms with Gasteiger partial charge in [-0.2, -0.15) is 0 Å².